The fraction of sp³-hybridized carbons (Fsp3) is 0.143. The van der Waals surface area contributed by atoms with Crippen LogP contribution in [-0.4, -0.2) is 11.5 Å². The first kappa shape index (κ1) is 14.3. The first-order valence-corrected chi connectivity index (χ1v) is 6.33. The van der Waals surface area contributed by atoms with Crippen molar-refractivity contribution < 1.29 is 9.66 Å². The molecule has 2 N–H and O–H groups in total. The molecule has 0 aromatic heterocycles. The van der Waals surface area contributed by atoms with E-state index in [0.717, 1.165) is 5.56 Å². The normalized spacial score (nSPS) is 11.9. The van der Waals surface area contributed by atoms with Crippen LogP contribution >= 0.6 is 11.6 Å². The number of hydrogen-bond acceptors (Lipinski definition) is 4. The highest BCUT2D eigenvalue weighted by atomic mass is 35.5. The summed E-state index contributed by atoms with van der Waals surface area (Å²) < 4.78 is 5.44. The van der Waals surface area contributed by atoms with Crippen LogP contribution in [0, 0.1) is 10.1 Å². The van der Waals surface area contributed by atoms with Crippen LogP contribution in [0.2, 0.25) is 5.02 Å². The van der Waals surface area contributed by atoms with Gasteiger partial charge in [0.25, 0.3) is 0 Å². The Kier molecular flexibility index (Phi) is 4.55. The first-order chi connectivity index (χ1) is 9.58. The molecule has 20 heavy (non-hydrogen) atoms. The van der Waals surface area contributed by atoms with E-state index in [1.807, 2.05) is 30.3 Å². The molecule has 0 aliphatic rings. The van der Waals surface area contributed by atoms with E-state index < -0.39 is 4.92 Å². The Morgan fingerprint density at radius 3 is 2.60 bits per heavy atom. The molecule has 2 aromatic rings. The standard InChI is InChI=1S/C14H13ClN2O3/c15-11-6-7-13(17(18)19)14(8-11)20-9-12(16)10-4-2-1-3-5-10/h1-8,12H,9,16H2. The van der Waals surface area contributed by atoms with Crippen LogP contribution in [0.3, 0.4) is 0 Å². The van der Waals surface area contributed by atoms with Crippen LogP contribution in [0.5, 0.6) is 5.75 Å². The summed E-state index contributed by atoms with van der Waals surface area (Å²) in [5, 5.41) is 11.3. The fourth-order valence-corrected chi connectivity index (χ4v) is 1.89. The second kappa shape index (κ2) is 6.36. The van der Waals surface area contributed by atoms with Gasteiger partial charge in [0.05, 0.1) is 11.0 Å². The van der Waals surface area contributed by atoms with Gasteiger partial charge in [0.15, 0.2) is 5.75 Å². The number of nitrogens with zero attached hydrogens (tertiary/aromatic N) is 1. The molecule has 0 aliphatic carbocycles. The zero-order chi connectivity index (χ0) is 14.5. The Labute approximate surface area is 121 Å². The largest absolute Gasteiger partial charge is 0.485 e. The molecule has 0 spiro atoms. The molecule has 0 heterocycles. The van der Waals surface area contributed by atoms with Crippen molar-refractivity contribution in [3.63, 3.8) is 0 Å². The first-order valence-electron chi connectivity index (χ1n) is 5.95. The van der Waals surface area contributed by atoms with Crippen molar-refractivity contribution in [3.05, 3.63) is 69.2 Å². The van der Waals surface area contributed by atoms with Gasteiger partial charge in [-0.3, -0.25) is 10.1 Å². The van der Waals surface area contributed by atoms with Crippen molar-refractivity contribution in [1.82, 2.24) is 0 Å². The molecule has 104 valence electrons. The highest BCUT2D eigenvalue weighted by Gasteiger charge is 2.16. The lowest BCUT2D eigenvalue weighted by molar-refractivity contribution is -0.385. The van der Waals surface area contributed by atoms with Crippen molar-refractivity contribution in [2.45, 2.75) is 6.04 Å². The highest BCUT2D eigenvalue weighted by molar-refractivity contribution is 6.30. The average Bonchev–Trinajstić information content (AvgIpc) is 2.45. The Bertz CT molecular complexity index is 605. The summed E-state index contributed by atoms with van der Waals surface area (Å²) in [5.41, 5.74) is 6.75. The van der Waals surface area contributed by atoms with Crippen molar-refractivity contribution in [1.29, 1.82) is 0 Å². The van der Waals surface area contributed by atoms with Gasteiger partial charge >= 0.3 is 5.69 Å². The fourth-order valence-electron chi connectivity index (χ4n) is 1.73. The summed E-state index contributed by atoms with van der Waals surface area (Å²) in [5.74, 6) is 0.119. The Balaban J connectivity index is 2.11. The Hall–Kier alpha value is -2.11. The van der Waals surface area contributed by atoms with Gasteiger partial charge in [0, 0.05) is 17.2 Å². The summed E-state index contributed by atoms with van der Waals surface area (Å²) in [4.78, 5) is 10.4. The summed E-state index contributed by atoms with van der Waals surface area (Å²) in [6, 6.07) is 13.2. The maximum atomic E-state index is 10.9. The minimum Gasteiger partial charge on any atom is -0.485 e. The molecule has 0 radical (unpaired) electrons. The van der Waals surface area contributed by atoms with Gasteiger partial charge in [-0.05, 0) is 11.6 Å². The van der Waals surface area contributed by atoms with E-state index in [1.165, 1.54) is 18.2 Å². The summed E-state index contributed by atoms with van der Waals surface area (Å²) in [7, 11) is 0. The molecule has 0 amide bonds. The molecule has 2 aromatic carbocycles. The molecular formula is C14H13ClN2O3. The molecular weight excluding hydrogens is 280 g/mol. The topological polar surface area (TPSA) is 78.4 Å². The van der Waals surface area contributed by atoms with Crippen LogP contribution in [-0.2, 0) is 0 Å². The van der Waals surface area contributed by atoms with Gasteiger partial charge in [-0.2, -0.15) is 0 Å². The molecule has 0 fully saturated rings. The van der Waals surface area contributed by atoms with E-state index in [9.17, 15) is 10.1 Å². The van der Waals surface area contributed by atoms with E-state index in [2.05, 4.69) is 0 Å². The van der Waals surface area contributed by atoms with Crippen molar-refractivity contribution in [2.75, 3.05) is 6.61 Å². The SMILES string of the molecule is NC(COc1cc(Cl)ccc1[N+](=O)[O-])c1ccccc1. The van der Waals surface area contributed by atoms with E-state index >= 15 is 0 Å². The van der Waals surface area contributed by atoms with Gasteiger partial charge in [0.2, 0.25) is 0 Å². The van der Waals surface area contributed by atoms with Crippen molar-refractivity contribution in [3.8, 4) is 5.75 Å². The molecule has 0 saturated heterocycles. The van der Waals surface area contributed by atoms with E-state index in [4.69, 9.17) is 22.1 Å². The molecule has 0 bridgehead atoms. The second-order valence-corrected chi connectivity index (χ2v) is 4.63. The minimum absolute atomic E-state index is 0.119. The number of nitrogens with two attached hydrogens (primary N) is 1. The van der Waals surface area contributed by atoms with Crippen LogP contribution in [0.4, 0.5) is 5.69 Å². The van der Waals surface area contributed by atoms with Gasteiger partial charge in [-0.15, -0.1) is 0 Å². The molecule has 0 saturated carbocycles. The smallest absolute Gasteiger partial charge is 0.311 e. The minimum atomic E-state index is -0.514. The number of nitro benzene ring substituents is 1. The van der Waals surface area contributed by atoms with Gasteiger partial charge in [-0.25, -0.2) is 0 Å². The monoisotopic (exact) mass is 292 g/mol. The molecule has 2 rings (SSSR count). The third-order valence-corrected chi connectivity index (χ3v) is 3.00. The van der Waals surface area contributed by atoms with Gasteiger partial charge in [-0.1, -0.05) is 41.9 Å². The Morgan fingerprint density at radius 2 is 1.95 bits per heavy atom. The van der Waals surface area contributed by atoms with E-state index in [1.54, 1.807) is 0 Å². The number of halogens is 1. The quantitative estimate of drug-likeness (QED) is 0.677. The lowest BCUT2D eigenvalue weighted by Gasteiger charge is -2.13. The molecule has 1 atom stereocenters. The predicted molar refractivity (Wildman–Crippen MR) is 77.0 cm³/mol. The number of nitro groups is 1. The van der Waals surface area contributed by atoms with Crippen LogP contribution in [0.25, 0.3) is 0 Å². The zero-order valence-corrected chi connectivity index (χ0v) is 11.3. The second-order valence-electron chi connectivity index (χ2n) is 4.20. The van der Waals surface area contributed by atoms with Crippen LogP contribution in [0.15, 0.2) is 48.5 Å². The lowest BCUT2D eigenvalue weighted by Crippen LogP contribution is -2.19. The molecule has 6 heteroatoms. The highest BCUT2D eigenvalue weighted by Crippen LogP contribution is 2.30. The van der Waals surface area contributed by atoms with Crippen molar-refractivity contribution in [2.24, 2.45) is 5.73 Å². The zero-order valence-electron chi connectivity index (χ0n) is 10.5. The molecule has 0 aliphatic heterocycles. The third-order valence-electron chi connectivity index (χ3n) is 2.76. The molecule has 1 unspecified atom stereocenters. The van der Waals surface area contributed by atoms with E-state index in [0.29, 0.717) is 5.02 Å². The summed E-state index contributed by atoms with van der Waals surface area (Å²) in [6.45, 7) is 0.130. The summed E-state index contributed by atoms with van der Waals surface area (Å²) >= 11 is 5.82. The third kappa shape index (κ3) is 3.46. The number of ether oxygens (including phenoxy) is 1. The maximum absolute atomic E-state index is 10.9. The number of rotatable bonds is 5. The maximum Gasteiger partial charge on any atom is 0.311 e. The number of benzene rings is 2. The van der Waals surface area contributed by atoms with Crippen molar-refractivity contribution >= 4 is 17.3 Å². The van der Waals surface area contributed by atoms with Gasteiger partial charge < -0.3 is 10.5 Å². The van der Waals surface area contributed by atoms with Crippen LogP contribution < -0.4 is 10.5 Å². The van der Waals surface area contributed by atoms with Crippen LogP contribution in [0.1, 0.15) is 11.6 Å². The van der Waals surface area contributed by atoms with E-state index in [-0.39, 0.29) is 24.1 Å². The average molecular weight is 293 g/mol. The summed E-state index contributed by atoms with van der Waals surface area (Å²) in [6.07, 6.45) is 0. The Morgan fingerprint density at radius 1 is 1.25 bits per heavy atom. The lowest BCUT2D eigenvalue weighted by atomic mass is 10.1. The predicted octanol–water partition coefficient (Wildman–Crippen LogP) is 3.33. The molecule has 5 nitrogen and oxygen atoms in total. The van der Waals surface area contributed by atoms with Gasteiger partial charge in [0.1, 0.15) is 6.61 Å². The number of hydrogen-bond donors (Lipinski definition) is 1.